The first-order chi connectivity index (χ1) is 7.99. The van der Waals surface area contributed by atoms with Gasteiger partial charge in [-0.25, -0.2) is 0 Å². The molecule has 0 heterocycles. The molecule has 0 aliphatic heterocycles. The molecule has 0 unspecified atom stereocenters. The fourth-order valence-corrected chi connectivity index (χ4v) is 1.15. The Kier molecular flexibility index (Phi) is 4.14. The summed E-state index contributed by atoms with van der Waals surface area (Å²) in [5, 5.41) is 11.5. The van der Waals surface area contributed by atoms with Crippen LogP contribution in [0.5, 0.6) is 0 Å². The lowest BCUT2D eigenvalue weighted by Crippen LogP contribution is -2.06. The number of benzene rings is 1. The maximum absolute atomic E-state index is 12.4. The summed E-state index contributed by atoms with van der Waals surface area (Å²) in [6.45, 7) is 0.348. The molecular formula is C12H9F3N2. The van der Waals surface area contributed by atoms with Crippen molar-refractivity contribution in [1.29, 1.82) is 5.26 Å². The second kappa shape index (κ2) is 5.38. The number of hydrogen-bond donors (Lipinski definition) is 1. The summed E-state index contributed by atoms with van der Waals surface area (Å²) in [6.07, 6.45) is -4.42. The first-order valence-corrected chi connectivity index (χ1v) is 4.74. The van der Waals surface area contributed by atoms with E-state index in [4.69, 9.17) is 5.26 Å². The van der Waals surface area contributed by atoms with Gasteiger partial charge < -0.3 is 5.32 Å². The third kappa shape index (κ3) is 3.51. The average Bonchev–Trinajstić information content (AvgIpc) is 2.28. The summed E-state index contributed by atoms with van der Waals surface area (Å²) in [5.41, 5.74) is -0.565. The average molecular weight is 238 g/mol. The summed E-state index contributed by atoms with van der Waals surface area (Å²) in [5.74, 6) is 5.17. The second-order valence-corrected chi connectivity index (χ2v) is 3.20. The van der Waals surface area contributed by atoms with E-state index < -0.39 is 11.7 Å². The van der Waals surface area contributed by atoms with Gasteiger partial charge in [-0.15, -0.1) is 0 Å². The van der Waals surface area contributed by atoms with Crippen molar-refractivity contribution in [2.45, 2.75) is 6.18 Å². The van der Waals surface area contributed by atoms with Crippen LogP contribution in [-0.4, -0.2) is 13.6 Å². The molecule has 5 heteroatoms. The largest absolute Gasteiger partial charge is 0.416 e. The summed E-state index contributed by atoms with van der Waals surface area (Å²) in [7, 11) is 1.67. The lowest BCUT2D eigenvalue weighted by molar-refractivity contribution is -0.137. The molecule has 0 aliphatic carbocycles. The molecule has 0 saturated carbocycles. The lowest BCUT2D eigenvalue weighted by atomic mass is 10.0. The summed E-state index contributed by atoms with van der Waals surface area (Å²) >= 11 is 0. The molecule has 0 atom stereocenters. The Labute approximate surface area is 97.1 Å². The number of hydrogen-bond acceptors (Lipinski definition) is 2. The van der Waals surface area contributed by atoms with Gasteiger partial charge in [0.25, 0.3) is 0 Å². The van der Waals surface area contributed by atoms with Crippen LogP contribution in [0, 0.1) is 23.2 Å². The van der Waals surface area contributed by atoms with Crippen LogP contribution in [0.15, 0.2) is 18.2 Å². The van der Waals surface area contributed by atoms with Crippen LogP contribution in [0.4, 0.5) is 13.2 Å². The van der Waals surface area contributed by atoms with Crippen LogP contribution in [-0.2, 0) is 6.18 Å². The number of halogens is 3. The van der Waals surface area contributed by atoms with E-state index in [0.29, 0.717) is 6.54 Å². The number of rotatable bonds is 1. The standard InChI is InChI=1S/C12H9F3N2/c1-17-6-2-3-9-7-11(12(13,14)15)5-4-10(9)8-16/h4-5,7,17H,6H2,1H3. The Balaban J connectivity index is 3.19. The van der Waals surface area contributed by atoms with E-state index in [-0.39, 0.29) is 11.1 Å². The number of nitrogens with one attached hydrogen (secondary N) is 1. The summed E-state index contributed by atoms with van der Waals surface area (Å²) in [4.78, 5) is 0. The van der Waals surface area contributed by atoms with Crippen molar-refractivity contribution in [2.24, 2.45) is 0 Å². The van der Waals surface area contributed by atoms with Crippen LogP contribution in [0.1, 0.15) is 16.7 Å². The number of nitrogens with zero attached hydrogens (tertiary/aromatic N) is 1. The Morgan fingerprint density at radius 1 is 1.29 bits per heavy atom. The molecule has 1 aromatic carbocycles. The van der Waals surface area contributed by atoms with Gasteiger partial charge in [0.2, 0.25) is 0 Å². The maximum Gasteiger partial charge on any atom is 0.416 e. The van der Waals surface area contributed by atoms with E-state index in [0.717, 1.165) is 18.2 Å². The van der Waals surface area contributed by atoms with Gasteiger partial charge >= 0.3 is 6.18 Å². The second-order valence-electron chi connectivity index (χ2n) is 3.20. The molecule has 0 aliphatic rings. The molecule has 0 spiro atoms. The zero-order valence-electron chi connectivity index (χ0n) is 9.02. The Hall–Kier alpha value is -1.98. The normalized spacial score (nSPS) is 10.3. The van der Waals surface area contributed by atoms with Gasteiger partial charge in [0.15, 0.2) is 0 Å². The van der Waals surface area contributed by atoms with Crippen molar-refractivity contribution in [1.82, 2.24) is 5.32 Å². The zero-order valence-corrected chi connectivity index (χ0v) is 9.02. The van der Waals surface area contributed by atoms with Crippen LogP contribution in [0.2, 0.25) is 0 Å². The smallest absolute Gasteiger partial charge is 0.309 e. The van der Waals surface area contributed by atoms with Gasteiger partial charge in [0.1, 0.15) is 6.07 Å². The highest BCUT2D eigenvalue weighted by Crippen LogP contribution is 2.30. The first-order valence-electron chi connectivity index (χ1n) is 4.74. The summed E-state index contributed by atoms with van der Waals surface area (Å²) in [6, 6.07) is 4.71. The third-order valence-electron chi connectivity index (χ3n) is 1.96. The first kappa shape index (κ1) is 13.1. The van der Waals surface area contributed by atoms with Crippen molar-refractivity contribution in [3.8, 4) is 17.9 Å². The molecule has 88 valence electrons. The fraction of sp³-hybridized carbons (Fsp3) is 0.250. The Morgan fingerprint density at radius 3 is 2.53 bits per heavy atom. The van der Waals surface area contributed by atoms with Gasteiger partial charge in [0.05, 0.1) is 17.7 Å². The molecule has 0 saturated heterocycles. The van der Waals surface area contributed by atoms with Gasteiger partial charge in [0, 0.05) is 5.56 Å². The highest BCUT2D eigenvalue weighted by Gasteiger charge is 2.30. The molecule has 17 heavy (non-hydrogen) atoms. The molecular weight excluding hydrogens is 229 g/mol. The van der Waals surface area contributed by atoms with Crippen LogP contribution >= 0.6 is 0 Å². The molecule has 0 aromatic heterocycles. The van der Waals surface area contributed by atoms with E-state index in [1.807, 2.05) is 6.07 Å². The number of nitriles is 1. The summed E-state index contributed by atoms with van der Waals surface area (Å²) < 4.78 is 37.3. The molecule has 0 amide bonds. The molecule has 0 bridgehead atoms. The minimum absolute atomic E-state index is 0.0950. The zero-order chi connectivity index (χ0) is 12.9. The highest BCUT2D eigenvalue weighted by molar-refractivity contribution is 5.50. The molecule has 1 N–H and O–H groups in total. The number of alkyl halides is 3. The topological polar surface area (TPSA) is 35.8 Å². The Morgan fingerprint density at radius 2 is 2.00 bits per heavy atom. The van der Waals surface area contributed by atoms with Crippen LogP contribution < -0.4 is 5.32 Å². The minimum Gasteiger partial charge on any atom is -0.309 e. The van der Waals surface area contributed by atoms with Crippen molar-refractivity contribution >= 4 is 0 Å². The third-order valence-corrected chi connectivity index (χ3v) is 1.96. The quantitative estimate of drug-likeness (QED) is 0.761. The SMILES string of the molecule is CNCC#Cc1cc(C(F)(F)F)ccc1C#N. The van der Waals surface area contributed by atoms with Crippen molar-refractivity contribution in [3.63, 3.8) is 0 Å². The van der Waals surface area contributed by atoms with Crippen molar-refractivity contribution in [3.05, 3.63) is 34.9 Å². The van der Waals surface area contributed by atoms with E-state index in [9.17, 15) is 13.2 Å². The van der Waals surface area contributed by atoms with Crippen LogP contribution in [0.25, 0.3) is 0 Å². The molecule has 0 fully saturated rings. The lowest BCUT2D eigenvalue weighted by Gasteiger charge is -2.07. The molecule has 1 rings (SSSR count). The van der Waals surface area contributed by atoms with E-state index in [1.54, 1.807) is 7.05 Å². The van der Waals surface area contributed by atoms with Crippen molar-refractivity contribution < 1.29 is 13.2 Å². The highest BCUT2D eigenvalue weighted by atomic mass is 19.4. The van der Waals surface area contributed by atoms with Crippen molar-refractivity contribution in [2.75, 3.05) is 13.6 Å². The van der Waals surface area contributed by atoms with Crippen LogP contribution in [0.3, 0.4) is 0 Å². The predicted octanol–water partition coefficient (Wildman–Crippen LogP) is 2.15. The molecule has 0 radical (unpaired) electrons. The monoisotopic (exact) mass is 238 g/mol. The Bertz CT molecular complexity index is 501. The van der Waals surface area contributed by atoms with Gasteiger partial charge in [-0.05, 0) is 25.2 Å². The fourth-order valence-electron chi connectivity index (χ4n) is 1.15. The maximum atomic E-state index is 12.4. The van der Waals surface area contributed by atoms with Gasteiger partial charge in [-0.2, -0.15) is 18.4 Å². The van der Waals surface area contributed by atoms with E-state index in [2.05, 4.69) is 17.2 Å². The molecule has 1 aromatic rings. The van der Waals surface area contributed by atoms with Gasteiger partial charge in [-0.3, -0.25) is 0 Å². The van der Waals surface area contributed by atoms with E-state index in [1.165, 1.54) is 0 Å². The van der Waals surface area contributed by atoms with Gasteiger partial charge in [-0.1, -0.05) is 11.8 Å². The molecule has 2 nitrogen and oxygen atoms in total. The van der Waals surface area contributed by atoms with E-state index >= 15 is 0 Å². The minimum atomic E-state index is -4.42. The predicted molar refractivity (Wildman–Crippen MR) is 57.0 cm³/mol.